The second-order valence-electron chi connectivity index (χ2n) is 5.15. The molecule has 0 aliphatic rings. The van der Waals surface area contributed by atoms with E-state index in [4.69, 9.17) is 11.6 Å². The minimum absolute atomic E-state index is 0.0430. The summed E-state index contributed by atoms with van der Waals surface area (Å²) in [6.07, 6.45) is 1.88. The molecule has 0 bridgehead atoms. The first kappa shape index (κ1) is 15.8. The number of fused-ring (bicyclic) bond motifs is 1. The number of carbonyl (C=O) groups is 1. The van der Waals surface area contributed by atoms with Gasteiger partial charge in [-0.05, 0) is 13.3 Å². The molecule has 0 saturated heterocycles. The predicted molar refractivity (Wildman–Crippen MR) is 83.4 cm³/mol. The highest BCUT2D eigenvalue weighted by molar-refractivity contribution is 6.16. The Balaban J connectivity index is 2.48. The zero-order chi connectivity index (χ0) is 15.6. The van der Waals surface area contributed by atoms with E-state index in [0.29, 0.717) is 6.54 Å². The lowest BCUT2D eigenvalue weighted by molar-refractivity contribution is -0.130. The normalized spacial score (nSPS) is 11.3. The summed E-state index contributed by atoms with van der Waals surface area (Å²) in [5, 5.41) is 4.51. The molecule has 0 radical (unpaired) electrons. The van der Waals surface area contributed by atoms with Gasteiger partial charge in [-0.3, -0.25) is 9.48 Å². The van der Waals surface area contributed by atoms with Crippen LogP contribution in [0.3, 0.4) is 0 Å². The molecule has 0 unspecified atom stereocenters. The van der Waals surface area contributed by atoms with Gasteiger partial charge >= 0.3 is 0 Å². The van der Waals surface area contributed by atoms with Crippen LogP contribution in [-0.2, 0) is 30.7 Å². The molecule has 0 saturated carbocycles. The van der Waals surface area contributed by atoms with Gasteiger partial charge in [-0.1, -0.05) is 13.3 Å². The van der Waals surface area contributed by atoms with E-state index in [1.165, 1.54) is 0 Å². The van der Waals surface area contributed by atoms with Gasteiger partial charge in [0.2, 0.25) is 5.91 Å². The molecule has 0 fully saturated rings. The summed E-state index contributed by atoms with van der Waals surface area (Å²) >= 11 is 6.00. The van der Waals surface area contributed by atoms with E-state index in [1.807, 2.05) is 18.5 Å². The molecule has 1 amide bonds. The highest BCUT2D eigenvalue weighted by Crippen LogP contribution is 2.21. The van der Waals surface area contributed by atoms with Crippen LogP contribution in [0.1, 0.15) is 31.8 Å². The fourth-order valence-corrected chi connectivity index (χ4v) is 2.60. The first-order valence-electron chi connectivity index (χ1n) is 7.24. The average Bonchev–Trinajstić information content (AvgIpc) is 2.97. The van der Waals surface area contributed by atoms with Gasteiger partial charge in [0.25, 0.3) is 0 Å². The first-order chi connectivity index (χ1) is 10.0. The second kappa shape index (κ2) is 6.47. The Morgan fingerprint density at radius 2 is 2.10 bits per heavy atom. The number of imidazole rings is 1. The first-order valence-corrected chi connectivity index (χ1v) is 7.77. The van der Waals surface area contributed by atoms with Crippen molar-refractivity contribution in [2.75, 3.05) is 13.6 Å². The van der Waals surface area contributed by atoms with Crippen LogP contribution in [0.4, 0.5) is 0 Å². The average molecular weight is 312 g/mol. The van der Waals surface area contributed by atoms with E-state index < -0.39 is 0 Å². The van der Waals surface area contributed by atoms with Crippen molar-refractivity contribution < 1.29 is 4.79 Å². The number of aryl methyl sites for hydroxylation is 2. The molecule has 0 aliphatic heterocycles. The molecule has 0 atom stereocenters. The maximum absolute atomic E-state index is 12.2. The van der Waals surface area contributed by atoms with Gasteiger partial charge in [-0.15, -0.1) is 11.6 Å². The van der Waals surface area contributed by atoms with Crippen molar-refractivity contribution in [2.45, 2.75) is 39.1 Å². The summed E-state index contributed by atoms with van der Waals surface area (Å²) in [5.41, 5.74) is 2.70. The quantitative estimate of drug-likeness (QED) is 0.766. The molecule has 2 aromatic rings. The number of alkyl halides is 1. The highest BCUT2D eigenvalue weighted by atomic mass is 35.5. The summed E-state index contributed by atoms with van der Waals surface area (Å²) in [4.78, 5) is 18.5. The molecule has 2 heterocycles. The van der Waals surface area contributed by atoms with Crippen molar-refractivity contribution in [3.63, 3.8) is 0 Å². The summed E-state index contributed by atoms with van der Waals surface area (Å²) < 4.78 is 3.67. The van der Waals surface area contributed by atoms with Crippen LogP contribution in [0.15, 0.2) is 0 Å². The van der Waals surface area contributed by atoms with Crippen molar-refractivity contribution in [2.24, 2.45) is 7.05 Å². The maximum atomic E-state index is 12.2. The zero-order valence-electron chi connectivity index (χ0n) is 13.1. The number of likely N-dealkylation sites (N-methyl/N-ethyl adjacent to an activating group) is 1. The molecule has 2 aromatic heterocycles. The second-order valence-corrected chi connectivity index (χ2v) is 5.42. The Kier molecular flexibility index (Phi) is 4.88. The van der Waals surface area contributed by atoms with Crippen LogP contribution < -0.4 is 0 Å². The number of amides is 1. The predicted octanol–water partition coefficient (Wildman–Crippen LogP) is 1.94. The number of carbonyl (C=O) groups excluding carboxylic acids is 1. The van der Waals surface area contributed by atoms with E-state index >= 15 is 0 Å². The Morgan fingerprint density at radius 1 is 1.38 bits per heavy atom. The summed E-state index contributed by atoms with van der Waals surface area (Å²) in [6, 6.07) is 0. The summed E-state index contributed by atoms with van der Waals surface area (Å²) in [6.45, 7) is 4.99. The SMILES string of the molecule is CCCc1nn(C)c2c1nc(CCl)n2CC(=O)N(C)CC. The lowest BCUT2D eigenvalue weighted by atomic mass is 10.2. The van der Waals surface area contributed by atoms with E-state index in [0.717, 1.165) is 35.5 Å². The monoisotopic (exact) mass is 311 g/mol. The van der Waals surface area contributed by atoms with Crippen LogP contribution in [0.25, 0.3) is 11.2 Å². The van der Waals surface area contributed by atoms with Crippen LogP contribution in [0.2, 0.25) is 0 Å². The van der Waals surface area contributed by atoms with Gasteiger partial charge in [0.15, 0.2) is 5.65 Å². The minimum Gasteiger partial charge on any atom is -0.344 e. The Hall–Kier alpha value is -1.56. The topological polar surface area (TPSA) is 56.0 Å². The Morgan fingerprint density at radius 3 is 2.67 bits per heavy atom. The summed E-state index contributed by atoms with van der Waals surface area (Å²) in [7, 11) is 3.67. The fourth-order valence-electron chi connectivity index (χ4n) is 2.39. The number of hydrogen-bond acceptors (Lipinski definition) is 3. The van der Waals surface area contributed by atoms with Gasteiger partial charge in [0, 0.05) is 20.6 Å². The number of halogens is 1. The number of hydrogen-bond donors (Lipinski definition) is 0. The zero-order valence-corrected chi connectivity index (χ0v) is 13.8. The van der Waals surface area contributed by atoms with Crippen molar-refractivity contribution in [1.29, 1.82) is 0 Å². The van der Waals surface area contributed by atoms with Crippen molar-refractivity contribution in [3.05, 3.63) is 11.5 Å². The molecule has 21 heavy (non-hydrogen) atoms. The van der Waals surface area contributed by atoms with E-state index in [2.05, 4.69) is 17.0 Å². The smallest absolute Gasteiger partial charge is 0.242 e. The van der Waals surface area contributed by atoms with E-state index in [-0.39, 0.29) is 18.3 Å². The van der Waals surface area contributed by atoms with Crippen molar-refractivity contribution in [1.82, 2.24) is 24.2 Å². The molecule has 0 aliphatic carbocycles. The Bertz CT molecular complexity index is 645. The molecule has 0 aromatic carbocycles. The standard InChI is InChI=1S/C14H22ClN5O/c1-5-7-10-13-14(19(4)17-10)20(11(8-15)16-13)9-12(21)18(3)6-2/h5-9H2,1-4H3. The van der Waals surface area contributed by atoms with E-state index in [1.54, 1.807) is 16.6 Å². The fraction of sp³-hybridized carbons (Fsp3) is 0.643. The molecular formula is C14H22ClN5O. The molecule has 116 valence electrons. The van der Waals surface area contributed by atoms with Gasteiger partial charge in [0.05, 0.1) is 11.6 Å². The van der Waals surface area contributed by atoms with Crippen LogP contribution in [0.5, 0.6) is 0 Å². The molecule has 0 N–H and O–H groups in total. The van der Waals surface area contributed by atoms with Gasteiger partial charge < -0.3 is 9.47 Å². The maximum Gasteiger partial charge on any atom is 0.242 e. The van der Waals surface area contributed by atoms with E-state index in [9.17, 15) is 4.79 Å². The molecule has 0 spiro atoms. The third-order valence-corrected chi connectivity index (χ3v) is 3.91. The van der Waals surface area contributed by atoms with Crippen LogP contribution in [-0.4, -0.2) is 43.7 Å². The number of rotatable bonds is 6. The largest absolute Gasteiger partial charge is 0.344 e. The van der Waals surface area contributed by atoms with Crippen LogP contribution in [0, 0.1) is 0 Å². The van der Waals surface area contributed by atoms with Crippen molar-refractivity contribution >= 4 is 28.7 Å². The molecule has 6 nitrogen and oxygen atoms in total. The highest BCUT2D eigenvalue weighted by Gasteiger charge is 2.20. The van der Waals surface area contributed by atoms with Gasteiger partial charge in [0.1, 0.15) is 17.9 Å². The van der Waals surface area contributed by atoms with Crippen molar-refractivity contribution in [3.8, 4) is 0 Å². The third-order valence-electron chi connectivity index (χ3n) is 3.67. The molecular weight excluding hydrogens is 290 g/mol. The molecule has 7 heteroatoms. The lowest BCUT2D eigenvalue weighted by Crippen LogP contribution is -2.30. The van der Waals surface area contributed by atoms with Crippen LogP contribution >= 0.6 is 11.6 Å². The Labute approximate surface area is 129 Å². The number of aromatic nitrogens is 4. The van der Waals surface area contributed by atoms with Gasteiger partial charge in [-0.2, -0.15) is 5.10 Å². The minimum atomic E-state index is 0.0430. The van der Waals surface area contributed by atoms with Gasteiger partial charge in [-0.25, -0.2) is 4.98 Å². The third kappa shape index (κ3) is 2.90. The molecule has 2 rings (SSSR count). The lowest BCUT2D eigenvalue weighted by Gasteiger charge is -2.16. The number of nitrogens with zero attached hydrogens (tertiary/aromatic N) is 5. The summed E-state index contributed by atoms with van der Waals surface area (Å²) in [5.74, 6) is 1.04.